The van der Waals surface area contributed by atoms with E-state index in [9.17, 15) is 5.11 Å². The lowest BCUT2D eigenvalue weighted by Crippen LogP contribution is -2.36. The van der Waals surface area contributed by atoms with Crippen LogP contribution in [0.25, 0.3) is 0 Å². The fraction of sp³-hybridized carbons (Fsp3) is 0.467. The van der Waals surface area contributed by atoms with E-state index >= 15 is 0 Å². The molecule has 0 heterocycles. The minimum atomic E-state index is -0.537. The quantitative estimate of drug-likeness (QED) is 0.721. The second kappa shape index (κ2) is 7.75. The molecule has 0 saturated heterocycles. The third-order valence-corrected chi connectivity index (χ3v) is 2.65. The van der Waals surface area contributed by atoms with Gasteiger partial charge >= 0.3 is 0 Å². The molecule has 1 aromatic rings. The van der Waals surface area contributed by atoms with E-state index in [-0.39, 0.29) is 12.6 Å². The van der Waals surface area contributed by atoms with Crippen molar-refractivity contribution in [3.63, 3.8) is 0 Å². The fourth-order valence-electron chi connectivity index (χ4n) is 1.55. The monoisotopic (exact) mass is 247 g/mol. The van der Waals surface area contributed by atoms with Gasteiger partial charge in [-0.25, -0.2) is 0 Å². The predicted molar refractivity (Wildman–Crippen MR) is 73.6 cm³/mol. The van der Waals surface area contributed by atoms with Crippen LogP contribution in [0.15, 0.2) is 24.3 Å². The van der Waals surface area contributed by atoms with Crippen molar-refractivity contribution in [3.8, 4) is 18.1 Å². The van der Waals surface area contributed by atoms with Gasteiger partial charge in [0.15, 0.2) is 0 Å². The number of para-hydroxylation sites is 1. The second-order valence-corrected chi connectivity index (χ2v) is 4.45. The minimum absolute atomic E-state index is 0.211. The van der Waals surface area contributed by atoms with Gasteiger partial charge in [0, 0.05) is 19.0 Å². The van der Waals surface area contributed by atoms with Crippen LogP contribution < -0.4 is 10.1 Å². The van der Waals surface area contributed by atoms with Crippen LogP contribution in [0.3, 0.4) is 0 Å². The van der Waals surface area contributed by atoms with E-state index in [4.69, 9.17) is 11.2 Å². The molecule has 1 rings (SSSR count). The minimum Gasteiger partial charge on any atom is -0.491 e. The lowest BCUT2D eigenvalue weighted by molar-refractivity contribution is 0.104. The van der Waals surface area contributed by atoms with E-state index in [0.29, 0.717) is 13.0 Å². The van der Waals surface area contributed by atoms with Crippen LogP contribution in [0.2, 0.25) is 0 Å². The van der Waals surface area contributed by atoms with Crippen molar-refractivity contribution in [3.05, 3.63) is 29.8 Å². The molecule has 0 aliphatic carbocycles. The molecule has 2 N–H and O–H groups in total. The molecule has 0 fully saturated rings. The summed E-state index contributed by atoms with van der Waals surface area (Å²) >= 11 is 0. The van der Waals surface area contributed by atoms with Crippen molar-refractivity contribution < 1.29 is 9.84 Å². The van der Waals surface area contributed by atoms with Crippen molar-refractivity contribution in [1.82, 2.24) is 5.32 Å². The molecular weight excluding hydrogens is 226 g/mol. The standard InChI is InChI=1S/C15H21NO2/c1-4-7-13(3)16-10-14(17)11-18-15-9-6-5-8-12(15)2/h1,5-6,8-9,13-14,16-17H,7,10-11H2,2-3H3. The molecule has 3 nitrogen and oxygen atoms in total. The van der Waals surface area contributed by atoms with Gasteiger partial charge in [-0.3, -0.25) is 0 Å². The van der Waals surface area contributed by atoms with E-state index < -0.39 is 6.10 Å². The summed E-state index contributed by atoms with van der Waals surface area (Å²) in [6.07, 6.45) is 5.33. The summed E-state index contributed by atoms with van der Waals surface area (Å²) in [4.78, 5) is 0. The van der Waals surface area contributed by atoms with Crippen LogP contribution in [0.1, 0.15) is 18.9 Å². The number of nitrogens with one attached hydrogen (secondary N) is 1. The van der Waals surface area contributed by atoms with Crippen LogP contribution in [-0.2, 0) is 0 Å². The highest BCUT2D eigenvalue weighted by molar-refractivity contribution is 5.31. The van der Waals surface area contributed by atoms with Crippen molar-refractivity contribution >= 4 is 0 Å². The molecule has 0 spiro atoms. The van der Waals surface area contributed by atoms with Crippen molar-refractivity contribution in [2.45, 2.75) is 32.4 Å². The first-order valence-electron chi connectivity index (χ1n) is 6.16. The molecule has 1 aromatic carbocycles. The Kier molecular flexibility index (Phi) is 6.27. The molecule has 3 heteroatoms. The summed E-state index contributed by atoms with van der Waals surface area (Å²) in [5, 5.41) is 12.9. The third kappa shape index (κ3) is 5.22. The number of aliphatic hydroxyl groups excluding tert-OH is 1. The van der Waals surface area contributed by atoms with Gasteiger partial charge in [0.25, 0.3) is 0 Å². The van der Waals surface area contributed by atoms with E-state index in [1.807, 2.05) is 38.1 Å². The first kappa shape index (κ1) is 14.6. The number of terminal acetylenes is 1. The maximum Gasteiger partial charge on any atom is 0.122 e. The summed E-state index contributed by atoms with van der Waals surface area (Å²) < 4.78 is 5.56. The van der Waals surface area contributed by atoms with Crippen molar-refractivity contribution in [1.29, 1.82) is 0 Å². The Morgan fingerprint density at radius 3 is 2.83 bits per heavy atom. The Labute approximate surface area is 109 Å². The molecule has 0 radical (unpaired) electrons. The second-order valence-electron chi connectivity index (χ2n) is 4.45. The Bertz CT molecular complexity index is 398. The van der Waals surface area contributed by atoms with Gasteiger partial charge in [0.05, 0.1) is 0 Å². The first-order valence-corrected chi connectivity index (χ1v) is 6.16. The molecule has 0 aromatic heterocycles. The number of rotatable bonds is 7. The third-order valence-electron chi connectivity index (χ3n) is 2.65. The first-order chi connectivity index (χ1) is 8.63. The fourth-order valence-corrected chi connectivity index (χ4v) is 1.55. The SMILES string of the molecule is C#CCC(C)NCC(O)COc1ccccc1C. The summed E-state index contributed by atoms with van der Waals surface area (Å²) in [5.41, 5.74) is 1.07. The Morgan fingerprint density at radius 2 is 2.17 bits per heavy atom. The number of ether oxygens (including phenoxy) is 1. The zero-order valence-electron chi connectivity index (χ0n) is 11.0. The molecule has 18 heavy (non-hydrogen) atoms. The maximum atomic E-state index is 9.78. The molecule has 98 valence electrons. The molecule has 0 bridgehead atoms. The van der Waals surface area contributed by atoms with Crippen LogP contribution in [0, 0.1) is 19.3 Å². The lowest BCUT2D eigenvalue weighted by Gasteiger charge is -2.16. The smallest absolute Gasteiger partial charge is 0.122 e. The molecule has 2 unspecified atom stereocenters. The molecule has 2 atom stereocenters. The summed E-state index contributed by atoms with van der Waals surface area (Å²) in [6, 6.07) is 7.97. The lowest BCUT2D eigenvalue weighted by atomic mass is 10.2. The molecular formula is C15H21NO2. The Hall–Kier alpha value is -1.50. The number of hydrogen-bond donors (Lipinski definition) is 2. The highest BCUT2D eigenvalue weighted by Gasteiger charge is 2.08. The van der Waals surface area contributed by atoms with E-state index in [0.717, 1.165) is 11.3 Å². The summed E-state index contributed by atoms with van der Waals surface area (Å²) in [5.74, 6) is 3.39. The van der Waals surface area contributed by atoms with E-state index in [1.54, 1.807) is 0 Å². The summed E-state index contributed by atoms with van der Waals surface area (Å²) in [6.45, 7) is 4.74. The van der Waals surface area contributed by atoms with Gasteiger partial charge in [-0.2, -0.15) is 0 Å². The van der Waals surface area contributed by atoms with Crippen LogP contribution in [-0.4, -0.2) is 30.4 Å². The highest BCUT2D eigenvalue weighted by Crippen LogP contribution is 2.16. The Balaban J connectivity index is 2.27. The van der Waals surface area contributed by atoms with E-state index in [2.05, 4.69) is 11.2 Å². The number of aliphatic hydroxyl groups is 1. The van der Waals surface area contributed by atoms with Gasteiger partial charge in [-0.05, 0) is 25.5 Å². The van der Waals surface area contributed by atoms with Crippen LogP contribution >= 0.6 is 0 Å². The zero-order valence-corrected chi connectivity index (χ0v) is 11.0. The maximum absolute atomic E-state index is 9.78. The van der Waals surface area contributed by atoms with Crippen molar-refractivity contribution in [2.24, 2.45) is 0 Å². The molecule has 0 aliphatic rings. The average molecular weight is 247 g/mol. The van der Waals surface area contributed by atoms with Gasteiger partial charge in [-0.1, -0.05) is 18.2 Å². The molecule has 0 saturated carbocycles. The topological polar surface area (TPSA) is 41.5 Å². The van der Waals surface area contributed by atoms with Crippen LogP contribution in [0.5, 0.6) is 5.75 Å². The average Bonchev–Trinajstić information content (AvgIpc) is 2.36. The molecule has 0 amide bonds. The summed E-state index contributed by atoms with van der Waals surface area (Å²) in [7, 11) is 0. The number of benzene rings is 1. The van der Waals surface area contributed by atoms with E-state index in [1.165, 1.54) is 0 Å². The normalized spacial score (nSPS) is 13.7. The van der Waals surface area contributed by atoms with Gasteiger partial charge in [-0.15, -0.1) is 12.3 Å². The largest absolute Gasteiger partial charge is 0.491 e. The van der Waals surface area contributed by atoms with Crippen LogP contribution in [0.4, 0.5) is 0 Å². The van der Waals surface area contributed by atoms with Gasteiger partial charge in [0.2, 0.25) is 0 Å². The predicted octanol–water partition coefficient (Wildman–Crippen LogP) is 1.74. The number of aryl methyl sites for hydroxylation is 1. The number of hydrogen-bond acceptors (Lipinski definition) is 3. The van der Waals surface area contributed by atoms with Crippen molar-refractivity contribution in [2.75, 3.05) is 13.2 Å². The van der Waals surface area contributed by atoms with Gasteiger partial charge in [0.1, 0.15) is 18.5 Å². The molecule has 0 aliphatic heterocycles. The highest BCUT2D eigenvalue weighted by atomic mass is 16.5. The Morgan fingerprint density at radius 1 is 1.44 bits per heavy atom. The zero-order chi connectivity index (χ0) is 13.4. The van der Waals surface area contributed by atoms with Gasteiger partial charge < -0.3 is 15.2 Å².